The molecule has 126 valence electrons. The van der Waals surface area contributed by atoms with Crippen LogP contribution in [0.25, 0.3) is 0 Å². The zero-order chi connectivity index (χ0) is 17.7. The average molecular weight is 332 g/mol. The normalized spacial score (nSPS) is 10.5. The number of hydrogen-bond donors (Lipinski definition) is 1. The fraction of sp³-hybridized carbons (Fsp3) is 0.222. The predicted octanol–water partition coefficient (Wildman–Crippen LogP) is 3.30. The molecule has 0 fully saturated rings. The molecule has 0 aromatic heterocycles. The number of carboxylic acids is 1. The third-order valence-electron chi connectivity index (χ3n) is 3.52. The molecule has 2 aromatic carbocycles. The van der Waals surface area contributed by atoms with Crippen molar-refractivity contribution in [1.29, 1.82) is 0 Å². The third-order valence-corrected chi connectivity index (χ3v) is 3.52. The summed E-state index contributed by atoms with van der Waals surface area (Å²) in [6.07, 6.45) is 0.425. The van der Waals surface area contributed by atoms with Crippen molar-refractivity contribution in [2.24, 2.45) is 0 Å². The fourth-order valence-corrected chi connectivity index (χ4v) is 2.24. The van der Waals surface area contributed by atoms with Gasteiger partial charge in [-0.3, -0.25) is 4.79 Å². The molecule has 2 aromatic rings. The number of carbonyl (C=O) groups is 2. The van der Waals surface area contributed by atoms with Crippen LogP contribution < -0.4 is 4.74 Å². The maximum atomic E-state index is 14.7. The van der Waals surface area contributed by atoms with Crippen LogP contribution in [0.15, 0.2) is 36.4 Å². The summed E-state index contributed by atoms with van der Waals surface area (Å²) in [6.45, 7) is 1.66. The summed E-state index contributed by atoms with van der Waals surface area (Å²) in [4.78, 5) is 23.6. The number of rotatable bonds is 7. The first-order valence-corrected chi connectivity index (χ1v) is 7.30. The summed E-state index contributed by atoms with van der Waals surface area (Å²) < 4.78 is 24.8. The van der Waals surface area contributed by atoms with E-state index in [1.807, 2.05) is 0 Å². The van der Waals surface area contributed by atoms with Crippen molar-refractivity contribution in [2.45, 2.75) is 13.3 Å². The van der Waals surface area contributed by atoms with E-state index in [4.69, 9.17) is 14.6 Å². The Morgan fingerprint density at radius 2 is 1.71 bits per heavy atom. The minimum atomic E-state index is -1.10. The van der Waals surface area contributed by atoms with Crippen molar-refractivity contribution in [3.63, 3.8) is 0 Å². The van der Waals surface area contributed by atoms with Crippen molar-refractivity contribution in [1.82, 2.24) is 0 Å². The van der Waals surface area contributed by atoms with E-state index in [-0.39, 0.29) is 29.2 Å². The van der Waals surface area contributed by atoms with Crippen LogP contribution in [0.4, 0.5) is 4.39 Å². The van der Waals surface area contributed by atoms with Crippen LogP contribution in [-0.2, 0) is 11.2 Å². The predicted molar refractivity (Wildman–Crippen MR) is 85.1 cm³/mol. The molecule has 0 unspecified atom stereocenters. The van der Waals surface area contributed by atoms with E-state index in [9.17, 15) is 14.0 Å². The number of ether oxygens (including phenoxy) is 2. The zero-order valence-electron chi connectivity index (χ0n) is 13.3. The van der Waals surface area contributed by atoms with Gasteiger partial charge in [0.15, 0.2) is 12.6 Å². The molecule has 2 rings (SSSR count). The smallest absolute Gasteiger partial charge is 0.335 e. The number of carboxylic acid groups (broad SMARTS) is 1. The van der Waals surface area contributed by atoms with Crippen LogP contribution in [0.1, 0.15) is 38.8 Å². The lowest BCUT2D eigenvalue weighted by Gasteiger charge is -2.13. The topological polar surface area (TPSA) is 72.8 Å². The lowest BCUT2D eigenvalue weighted by Crippen LogP contribution is -2.11. The summed E-state index contributed by atoms with van der Waals surface area (Å²) in [5.74, 6) is -2.24. The highest BCUT2D eigenvalue weighted by atomic mass is 19.1. The number of aromatic carboxylic acids is 1. The van der Waals surface area contributed by atoms with Crippen molar-refractivity contribution < 1.29 is 28.6 Å². The first-order chi connectivity index (χ1) is 11.5. The van der Waals surface area contributed by atoms with Gasteiger partial charge in [-0.15, -0.1) is 0 Å². The summed E-state index contributed by atoms with van der Waals surface area (Å²) in [6, 6.07) is 8.39. The number of carbonyl (C=O) groups excluding carboxylic acids is 1. The molecule has 0 heterocycles. The number of benzene rings is 2. The second-order valence-corrected chi connectivity index (χ2v) is 5.03. The molecule has 0 aliphatic heterocycles. The van der Waals surface area contributed by atoms with Crippen molar-refractivity contribution in [3.8, 4) is 5.75 Å². The van der Waals surface area contributed by atoms with E-state index in [0.717, 1.165) is 0 Å². The number of halogens is 1. The third kappa shape index (κ3) is 3.60. The van der Waals surface area contributed by atoms with Gasteiger partial charge in [-0.05, 0) is 30.2 Å². The monoisotopic (exact) mass is 332 g/mol. The van der Waals surface area contributed by atoms with E-state index < -0.39 is 17.6 Å². The summed E-state index contributed by atoms with van der Waals surface area (Å²) >= 11 is 0. The van der Waals surface area contributed by atoms with E-state index in [0.29, 0.717) is 12.0 Å². The second-order valence-electron chi connectivity index (χ2n) is 5.03. The summed E-state index contributed by atoms with van der Waals surface area (Å²) in [5, 5.41) is 8.91. The molecule has 0 aliphatic rings. The Bertz CT molecular complexity index is 753. The lowest BCUT2D eigenvalue weighted by molar-refractivity contribution is 0.0500. The fourth-order valence-electron chi connectivity index (χ4n) is 2.24. The lowest BCUT2D eigenvalue weighted by atomic mass is 9.97. The van der Waals surface area contributed by atoms with Gasteiger partial charge in [0.25, 0.3) is 0 Å². The van der Waals surface area contributed by atoms with Gasteiger partial charge in [0.05, 0.1) is 5.56 Å². The molecule has 5 nitrogen and oxygen atoms in total. The molecule has 6 heteroatoms. The summed E-state index contributed by atoms with van der Waals surface area (Å²) in [5.41, 5.74) is 0.430. The number of ketones is 1. The molecule has 24 heavy (non-hydrogen) atoms. The number of aryl methyl sites for hydroxylation is 1. The summed E-state index contributed by atoms with van der Waals surface area (Å²) in [7, 11) is 1.42. The van der Waals surface area contributed by atoms with Crippen molar-refractivity contribution >= 4 is 11.8 Å². The first kappa shape index (κ1) is 17.6. The molecule has 0 saturated heterocycles. The SMILES string of the molecule is CCc1ccc(OCOC)c(C(=O)c2ccc(C(=O)O)cc2)c1F. The highest BCUT2D eigenvalue weighted by Crippen LogP contribution is 2.28. The molecule has 0 atom stereocenters. The molecule has 0 spiro atoms. The van der Waals surface area contributed by atoms with E-state index in [2.05, 4.69) is 0 Å². The number of hydrogen-bond acceptors (Lipinski definition) is 4. The highest BCUT2D eigenvalue weighted by molar-refractivity contribution is 6.11. The first-order valence-electron chi connectivity index (χ1n) is 7.30. The Labute approximate surface area is 138 Å². The van der Waals surface area contributed by atoms with Gasteiger partial charge in [0.2, 0.25) is 0 Å². The molecule has 1 N–H and O–H groups in total. The van der Waals surface area contributed by atoms with Crippen molar-refractivity contribution in [2.75, 3.05) is 13.9 Å². The van der Waals surface area contributed by atoms with Crippen LogP contribution in [0.2, 0.25) is 0 Å². The Hall–Kier alpha value is -2.73. The van der Waals surface area contributed by atoms with Gasteiger partial charge in [-0.2, -0.15) is 0 Å². The van der Waals surface area contributed by atoms with Crippen LogP contribution in [0.3, 0.4) is 0 Å². The molecule has 0 amide bonds. The molecule has 0 bridgehead atoms. The van der Waals surface area contributed by atoms with Gasteiger partial charge < -0.3 is 14.6 Å². The van der Waals surface area contributed by atoms with Crippen LogP contribution in [0.5, 0.6) is 5.75 Å². The maximum absolute atomic E-state index is 14.7. The van der Waals surface area contributed by atoms with Gasteiger partial charge in [0, 0.05) is 12.7 Å². The standard InChI is InChI=1S/C18H17FO5/c1-3-11-8-9-14(24-10-23-2)15(16(11)19)17(20)12-4-6-13(7-5-12)18(21)22/h4-9H,3,10H2,1-2H3,(H,21,22). The Morgan fingerprint density at radius 1 is 1.08 bits per heavy atom. The number of methoxy groups -OCH3 is 1. The highest BCUT2D eigenvalue weighted by Gasteiger charge is 2.22. The molecule has 0 aliphatic carbocycles. The Kier molecular flexibility index (Phi) is 5.65. The molecule has 0 radical (unpaired) electrons. The molecule has 0 saturated carbocycles. The minimum Gasteiger partial charge on any atom is -0.478 e. The Morgan fingerprint density at radius 3 is 2.25 bits per heavy atom. The van der Waals surface area contributed by atoms with E-state index >= 15 is 0 Å². The minimum absolute atomic E-state index is 0.0465. The Balaban J connectivity index is 2.47. The molecular formula is C18H17FO5. The second kappa shape index (κ2) is 7.70. The van der Waals surface area contributed by atoms with Crippen LogP contribution >= 0.6 is 0 Å². The van der Waals surface area contributed by atoms with Crippen LogP contribution in [0, 0.1) is 5.82 Å². The molecular weight excluding hydrogens is 315 g/mol. The zero-order valence-corrected chi connectivity index (χ0v) is 13.3. The van der Waals surface area contributed by atoms with Crippen molar-refractivity contribution in [3.05, 3.63) is 64.5 Å². The van der Waals surface area contributed by atoms with Crippen LogP contribution in [-0.4, -0.2) is 30.8 Å². The van der Waals surface area contributed by atoms with Gasteiger partial charge in [-0.25, -0.2) is 9.18 Å². The van der Waals surface area contributed by atoms with Gasteiger partial charge >= 0.3 is 5.97 Å². The van der Waals surface area contributed by atoms with E-state index in [1.165, 1.54) is 37.4 Å². The van der Waals surface area contributed by atoms with E-state index in [1.54, 1.807) is 13.0 Å². The quantitative estimate of drug-likeness (QED) is 0.622. The average Bonchev–Trinajstić information content (AvgIpc) is 2.59. The van der Waals surface area contributed by atoms with Gasteiger partial charge in [-0.1, -0.05) is 25.1 Å². The maximum Gasteiger partial charge on any atom is 0.335 e. The largest absolute Gasteiger partial charge is 0.478 e. The van der Waals surface area contributed by atoms with Gasteiger partial charge in [0.1, 0.15) is 17.1 Å².